The van der Waals surface area contributed by atoms with Gasteiger partial charge < -0.3 is 22.9 Å². The third-order valence-electron chi connectivity index (χ3n) is 7.93. The molecule has 4 rings (SSSR count). The zero-order valence-corrected chi connectivity index (χ0v) is 20.0. The van der Waals surface area contributed by atoms with Gasteiger partial charge in [0.25, 0.3) is 0 Å². The third-order valence-corrected chi connectivity index (χ3v) is 7.93. The van der Waals surface area contributed by atoms with Crippen LogP contribution in [0.25, 0.3) is 0 Å². The number of allylic oxidation sites excluding steroid dienone is 8. The molecule has 0 amide bonds. The maximum atomic E-state index is 6.60. The van der Waals surface area contributed by atoms with Gasteiger partial charge in [-0.25, -0.2) is 0 Å². The van der Waals surface area contributed by atoms with Crippen molar-refractivity contribution in [1.82, 2.24) is 0 Å². The van der Waals surface area contributed by atoms with E-state index in [2.05, 4.69) is 55.5 Å². The SMILES string of the molecule is C/C=C/CCC1CCC(C2=CCC(c3ccc(C4CC=C(N)C(N)=C4N)cc3)C(N)=C2)CC1. The Balaban J connectivity index is 1.36. The quantitative estimate of drug-likeness (QED) is 0.431. The lowest BCUT2D eigenvalue weighted by Gasteiger charge is -2.32. The summed E-state index contributed by atoms with van der Waals surface area (Å²) in [5.74, 6) is 1.91. The molecule has 0 heterocycles. The molecule has 0 bridgehead atoms. The van der Waals surface area contributed by atoms with Crippen LogP contribution < -0.4 is 22.9 Å². The number of hydrogen-bond donors (Lipinski definition) is 4. The Morgan fingerprint density at radius 1 is 0.848 bits per heavy atom. The van der Waals surface area contributed by atoms with Gasteiger partial charge in [-0.3, -0.25) is 0 Å². The van der Waals surface area contributed by atoms with Crippen molar-refractivity contribution in [2.75, 3.05) is 0 Å². The van der Waals surface area contributed by atoms with Crippen LogP contribution in [0.3, 0.4) is 0 Å². The fourth-order valence-electron chi connectivity index (χ4n) is 5.75. The van der Waals surface area contributed by atoms with E-state index in [1.807, 2.05) is 6.08 Å². The van der Waals surface area contributed by atoms with Crippen molar-refractivity contribution in [1.29, 1.82) is 0 Å². The first-order chi connectivity index (χ1) is 16.0. The van der Waals surface area contributed by atoms with Crippen molar-refractivity contribution in [3.63, 3.8) is 0 Å². The van der Waals surface area contributed by atoms with Crippen molar-refractivity contribution < 1.29 is 0 Å². The molecule has 1 saturated carbocycles. The second-order valence-corrected chi connectivity index (χ2v) is 9.98. The molecule has 1 aromatic rings. The summed E-state index contributed by atoms with van der Waals surface area (Å²) in [4.78, 5) is 0. The van der Waals surface area contributed by atoms with E-state index in [1.54, 1.807) is 0 Å². The Kier molecular flexibility index (Phi) is 7.32. The zero-order chi connectivity index (χ0) is 23.4. The van der Waals surface area contributed by atoms with Gasteiger partial charge in [-0.1, -0.05) is 48.6 Å². The van der Waals surface area contributed by atoms with Crippen LogP contribution in [0.1, 0.15) is 81.3 Å². The summed E-state index contributed by atoms with van der Waals surface area (Å²) in [7, 11) is 0. The van der Waals surface area contributed by atoms with Crippen molar-refractivity contribution in [3.05, 3.63) is 94.1 Å². The maximum Gasteiger partial charge on any atom is 0.0741 e. The van der Waals surface area contributed by atoms with Crippen LogP contribution in [0.4, 0.5) is 0 Å². The molecule has 2 atom stereocenters. The largest absolute Gasteiger partial charge is 0.402 e. The van der Waals surface area contributed by atoms with Gasteiger partial charge in [-0.05, 0) is 92.9 Å². The molecule has 1 fully saturated rings. The molecule has 4 nitrogen and oxygen atoms in total. The number of hydrogen-bond acceptors (Lipinski definition) is 4. The minimum atomic E-state index is 0.0882. The van der Waals surface area contributed by atoms with Gasteiger partial charge in [0.1, 0.15) is 0 Å². The predicted molar refractivity (Wildman–Crippen MR) is 139 cm³/mol. The lowest BCUT2D eigenvalue weighted by molar-refractivity contribution is 0.291. The first-order valence-corrected chi connectivity index (χ1v) is 12.6. The number of benzene rings is 1. The predicted octanol–water partition coefficient (Wildman–Crippen LogP) is 5.56. The van der Waals surface area contributed by atoms with E-state index in [4.69, 9.17) is 22.9 Å². The standard InChI is InChI=1S/C29H40N4/c1-2-3-4-5-19-6-8-20(9-7-19)23-14-15-24(27(31)18-23)21-10-12-22(13-11-21)25-16-17-26(30)29(33)28(25)32/h2-3,10-14,17-20,24-25H,4-9,15-16,30-33H2,1H3/b3-2+. The molecule has 3 aliphatic carbocycles. The van der Waals surface area contributed by atoms with Crippen LogP contribution in [0.15, 0.2) is 83.0 Å². The highest BCUT2D eigenvalue weighted by Gasteiger charge is 2.27. The Morgan fingerprint density at radius 3 is 2.12 bits per heavy atom. The highest BCUT2D eigenvalue weighted by molar-refractivity contribution is 5.44. The minimum Gasteiger partial charge on any atom is -0.402 e. The van der Waals surface area contributed by atoms with E-state index in [0.717, 1.165) is 24.5 Å². The first-order valence-electron chi connectivity index (χ1n) is 12.6. The van der Waals surface area contributed by atoms with Crippen molar-refractivity contribution in [3.8, 4) is 0 Å². The van der Waals surface area contributed by atoms with E-state index < -0.39 is 0 Å². The molecule has 4 heteroatoms. The fourth-order valence-corrected chi connectivity index (χ4v) is 5.75. The van der Waals surface area contributed by atoms with E-state index in [-0.39, 0.29) is 11.8 Å². The average molecular weight is 445 g/mol. The van der Waals surface area contributed by atoms with Crippen molar-refractivity contribution >= 4 is 0 Å². The molecule has 3 aliphatic rings. The van der Waals surface area contributed by atoms with Crippen LogP contribution in [-0.2, 0) is 0 Å². The summed E-state index contributed by atoms with van der Waals surface area (Å²) in [6, 6.07) is 8.72. The second kappa shape index (κ2) is 10.4. The monoisotopic (exact) mass is 444 g/mol. The lowest BCUT2D eigenvalue weighted by atomic mass is 9.74. The summed E-state index contributed by atoms with van der Waals surface area (Å²) in [6.45, 7) is 2.11. The van der Waals surface area contributed by atoms with Gasteiger partial charge in [0.05, 0.1) is 11.4 Å². The summed E-state index contributed by atoms with van der Waals surface area (Å²) < 4.78 is 0. The number of nitrogens with two attached hydrogens (primary N) is 4. The minimum absolute atomic E-state index is 0.0882. The fraction of sp³-hybridized carbons (Fsp3) is 0.448. The smallest absolute Gasteiger partial charge is 0.0741 e. The maximum absolute atomic E-state index is 6.60. The van der Waals surface area contributed by atoms with E-state index in [9.17, 15) is 0 Å². The third kappa shape index (κ3) is 5.21. The second-order valence-electron chi connectivity index (χ2n) is 9.98. The van der Waals surface area contributed by atoms with E-state index in [1.165, 1.54) is 55.2 Å². The van der Waals surface area contributed by atoms with Crippen LogP contribution in [0, 0.1) is 11.8 Å². The van der Waals surface area contributed by atoms with Crippen molar-refractivity contribution in [2.45, 2.75) is 70.1 Å². The molecule has 1 aromatic carbocycles. The highest BCUT2D eigenvalue weighted by atomic mass is 14.8. The van der Waals surface area contributed by atoms with Gasteiger partial charge in [-0.15, -0.1) is 0 Å². The van der Waals surface area contributed by atoms with E-state index >= 15 is 0 Å². The van der Waals surface area contributed by atoms with E-state index in [0.29, 0.717) is 23.0 Å². The molecule has 0 radical (unpaired) electrons. The normalized spacial score (nSPS) is 28.5. The van der Waals surface area contributed by atoms with Crippen molar-refractivity contribution in [2.24, 2.45) is 34.8 Å². The molecular weight excluding hydrogens is 404 g/mol. The molecule has 0 aliphatic heterocycles. The summed E-state index contributed by atoms with van der Waals surface area (Å²) in [5, 5.41) is 0. The van der Waals surface area contributed by atoms with Crippen LogP contribution in [0.2, 0.25) is 0 Å². The van der Waals surface area contributed by atoms with Crippen LogP contribution >= 0.6 is 0 Å². The Labute approximate surface area is 199 Å². The summed E-state index contributed by atoms with van der Waals surface area (Å²) in [5.41, 5.74) is 31.5. The molecule has 0 spiro atoms. The summed E-state index contributed by atoms with van der Waals surface area (Å²) in [6.07, 6.45) is 20.8. The number of rotatable bonds is 6. The van der Waals surface area contributed by atoms with Gasteiger partial charge in [0.15, 0.2) is 0 Å². The highest BCUT2D eigenvalue weighted by Crippen LogP contribution is 2.40. The molecule has 0 saturated heterocycles. The molecule has 2 unspecified atom stereocenters. The van der Waals surface area contributed by atoms with Gasteiger partial charge in [0, 0.05) is 23.2 Å². The molecule has 176 valence electrons. The Hall–Kier alpha value is -2.88. The lowest BCUT2D eigenvalue weighted by Crippen LogP contribution is -2.24. The molecule has 33 heavy (non-hydrogen) atoms. The molecule has 8 N–H and O–H groups in total. The molecular formula is C29H40N4. The Morgan fingerprint density at radius 2 is 1.48 bits per heavy atom. The molecule has 0 aromatic heterocycles. The first kappa shape index (κ1) is 23.3. The zero-order valence-electron chi connectivity index (χ0n) is 20.0. The Bertz CT molecular complexity index is 985. The van der Waals surface area contributed by atoms with Gasteiger partial charge >= 0.3 is 0 Å². The van der Waals surface area contributed by atoms with Crippen LogP contribution in [-0.4, -0.2) is 0 Å². The average Bonchev–Trinajstić information content (AvgIpc) is 2.83. The van der Waals surface area contributed by atoms with Gasteiger partial charge in [0.2, 0.25) is 0 Å². The van der Waals surface area contributed by atoms with Gasteiger partial charge in [-0.2, -0.15) is 0 Å². The van der Waals surface area contributed by atoms with Crippen LogP contribution in [0.5, 0.6) is 0 Å². The topological polar surface area (TPSA) is 104 Å². The summed E-state index contributed by atoms with van der Waals surface area (Å²) >= 11 is 0.